The molecule has 138 valence electrons. The fourth-order valence-electron chi connectivity index (χ4n) is 3.17. The quantitative estimate of drug-likeness (QED) is 0.743. The Hall–Kier alpha value is -2.98. The molecule has 0 bridgehead atoms. The van der Waals surface area contributed by atoms with Crippen LogP contribution in [0.2, 0.25) is 0 Å². The van der Waals surface area contributed by atoms with Crippen LogP contribution in [0.1, 0.15) is 35.8 Å². The summed E-state index contributed by atoms with van der Waals surface area (Å²) >= 11 is 1.39. The van der Waals surface area contributed by atoms with Gasteiger partial charge in [0.05, 0.1) is 24.0 Å². The standard InChI is InChI=1S/C20H20N4O2S/c1-3-6-19(26)23-10-8-15-16(11-21)20(27-17(15)13-23)24(18(25)4-2)14-7-5-9-22-12-14/h4-5,7,9,12H,2-3,6,8,10,13H2,1H3. The third kappa shape index (κ3) is 3.62. The average Bonchev–Trinajstić information content (AvgIpc) is 3.06. The molecule has 0 saturated heterocycles. The normalized spacial score (nSPS) is 12.8. The van der Waals surface area contributed by atoms with Crippen molar-refractivity contribution in [2.75, 3.05) is 11.4 Å². The van der Waals surface area contributed by atoms with E-state index in [0.717, 1.165) is 16.9 Å². The molecule has 0 atom stereocenters. The zero-order chi connectivity index (χ0) is 19.4. The summed E-state index contributed by atoms with van der Waals surface area (Å²) in [5.41, 5.74) is 2.01. The van der Waals surface area contributed by atoms with Crippen LogP contribution >= 0.6 is 11.3 Å². The predicted octanol–water partition coefficient (Wildman–Crippen LogP) is 3.55. The van der Waals surface area contributed by atoms with E-state index in [9.17, 15) is 14.9 Å². The molecule has 0 saturated carbocycles. The minimum atomic E-state index is -0.322. The number of nitrogens with zero attached hydrogens (tertiary/aromatic N) is 4. The summed E-state index contributed by atoms with van der Waals surface area (Å²) in [6, 6.07) is 5.77. The molecule has 0 fully saturated rings. The van der Waals surface area contributed by atoms with Gasteiger partial charge in [-0.1, -0.05) is 13.5 Å². The summed E-state index contributed by atoms with van der Waals surface area (Å²) in [5, 5.41) is 10.3. The van der Waals surface area contributed by atoms with Crippen molar-refractivity contribution in [2.45, 2.75) is 32.7 Å². The van der Waals surface area contributed by atoms with Gasteiger partial charge in [-0.05, 0) is 36.6 Å². The first-order valence-electron chi connectivity index (χ1n) is 8.79. The van der Waals surface area contributed by atoms with Crippen LogP contribution in [0.15, 0.2) is 37.2 Å². The second-order valence-corrected chi connectivity index (χ2v) is 7.28. The molecule has 1 aliphatic rings. The summed E-state index contributed by atoms with van der Waals surface area (Å²) in [6.07, 6.45) is 6.39. The van der Waals surface area contributed by atoms with Crippen LogP contribution in [0, 0.1) is 11.3 Å². The number of anilines is 2. The van der Waals surface area contributed by atoms with Gasteiger partial charge in [0.2, 0.25) is 5.91 Å². The first-order valence-corrected chi connectivity index (χ1v) is 9.61. The van der Waals surface area contributed by atoms with Crippen molar-refractivity contribution >= 4 is 33.8 Å². The van der Waals surface area contributed by atoms with Gasteiger partial charge >= 0.3 is 0 Å². The molecule has 2 aromatic heterocycles. The van der Waals surface area contributed by atoms with E-state index in [1.54, 1.807) is 24.5 Å². The third-order valence-corrected chi connectivity index (χ3v) is 5.67. The summed E-state index contributed by atoms with van der Waals surface area (Å²) in [5.74, 6) is -0.195. The highest BCUT2D eigenvalue weighted by Gasteiger charge is 2.30. The molecular weight excluding hydrogens is 360 g/mol. The van der Waals surface area contributed by atoms with Crippen LogP contribution in [0.25, 0.3) is 0 Å². The predicted molar refractivity (Wildman–Crippen MR) is 105 cm³/mol. The van der Waals surface area contributed by atoms with Gasteiger partial charge in [0.1, 0.15) is 11.1 Å². The largest absolute Gasteiger partial charge is 0.337 e. The van der Waals surface area contributed by atoms with Crippen LogP contribution in [-0.2, 0) is 22.6 Å². The summed E-state index contributed by atoms with van der Waals surface area (Å²) in [6.45, 7) is 6.64. The maximum atomic E-state index is 12.6. The smallest absolute Gasteiger partial charge is 0.255 e. The van der Waals surface area contributed by atoms with E-state index in [1.807, 2.05) is 11.8 Å². The van der Waals surface area contributed by atoms with Crippen molar-refractivity contribution in [1.29, 1.82) is 5.26 Å². The Bertz CT molecular complexity index is 914. The van der Waals surface area contributed by atoms with Gasteiger partial charge in [0.15, 0.2) is 0 Å². The van der Waals surface area contributed by atoms with Gasteiger partial charge in [0, 0.05) is 24.0 Å². The first kappa shape index (κ1) is 18.8. The molecule has 0 unspecified atom stereocenters. The number of fused-ring (bicyclic) bond motifs is 1. The van der Waals surface area contributed by atoms with Gasteiger partial charge in [-0.15, -0.1) is 11.3 Å². The van der Waals surface area contributed by atoms with E-state index in [0.29, 0.717) is 42.2 Å². The Balaban J connectivity index is 2.04. The molecule has 1 aliphatic heterocycles. The number of carbonyl (C=O) groups is 2. The average molecular weight is 380 g/mol. The summed E-state index contributed by atoms with van der Waals surface area (Å²) in [4.78, 5) is 33.2. The van der Waals surface area contributed by atoms with Crippen LogP contribution in [0.4, 0.5) is 10.7 Å². The maximum absolute atomic E-state index is 12.6. The lowest BCUT2D eigenvalue weighted by Gasteiger charge is -2.26. The van der Waals surface area contributed by atoms with Gasteiger partial charge in [-0.2, -0.15) is 5.26 Å². The van der Waals surface area contributed by atoms with Gasteiger partial charge in [-0.25, -0.2) is 0 Å². The molecule has 27 heavy (non-hydrogen) atoms. The Morgan fingerprint density at radius 2 is 2.33 bits per heavy atom. The minimum absolute atomic E-state index is 0.128. The highest BCUT2D eigenvalue weighted by molar-refractivity contribution is 7.16. The van der Waals surface area contributed by atoms with Gasteiger partial charge < -0.3 is 4.90 Å². The van der Waals surface area contributed by atoms with Gasteiger partial charge in [-0.3, -0.25) is 19.5 Å². The van der Waals surface area contributed by atoms with Crippen molar-refractivity contribution in [2.24, 2.45) is 0 Å². The fraction of sp³-hybridized carbons (Fsp3) is 0.300. The van der Waals surface area contributed by atoms with Crippen molar-refractivity contribution in [3.63, 3.8) is 0 Å². The van der Waals surface area contributed by atoms with Crippen molar-refractivity contribution < 1.29 is 9.59 Å². The Morgan fingerprint density at radius 3 is 2.96 bits per heavy atom. The van der Waals surface area contributed by atoms with Gasteiger partial charge in [0.25, 0.3) is 5.91 Å². The van der Waals surface area contributed by atoms with Crippen LogP contribution < -0.4 is 4.90 Å². The van der Waals surface area contributed by atoms with Crippen molar-refractivity contribution in [1.82, 2.24) is 9.88 Å². The number of rotatable bonds is 5. The molecule has 3 rings (SSSR count). The number of aromatic nitrogens is 1. The number of thiophene rings is 1. The number of nitriles is 1. The molecule has 7 heteroatoms. The van der Waals surface area contributed by atoms with E-state index in [1.165, 1.54) is 22.3 Å². The number of pyridine rings is 1. The monoisotopic (exact) mass is 380 g/mol. The number of hydrogen-bond acceptors (Lipinski definition) is 5. The molecule has 0 radical (unpaired) electrons. The highest BCUT2D eigenvalue weighted by atomic mass is 32.1. The summed E-state index contributed by atoms with van der Waals surface area (Å²) < 4.78 is 0. The first-order chi connectivity index (χ1) is 13.1. The van der Waals surface area contributed by atoms with Crippen molar-refractivity contribution in [3.05, 3.63) is 53.2 Å². The second-order valence-electron chi connectivity index (χ2n) is 6.20. The SMILES string of the molecule is C=CC(=O)N(c1cccnc1)c1sc2c(c1C#N)CCN(C(=O)CCC)C2. The number of hydrogen-bond donors (Lipinski definition) is 0. The Kier molecular flexibility index (Phi) is 5.67. The zero-order valence-corrected chi connectivity index (χ0v) is 16.0. The lowest BCUT2D eigenvalue weighted by atomic mass is 10.0. The Morgan fingerprint density at radius 1 is 1.52 bits per heavy atom. The molecule has 0 N–H and O–H groups in total. The lowest BCUT2D eigenvalue weighted by molar-refractivity contribution is -0.132. The molecule has 0 aliphatic carbocycles. The molecule has 6 nitrogen and oxygen atoms in total. The molecular formula is C20H20N4O2S. The zero-order valence-electron chi connectivity index (χ0n) is 15.1. The van der Waals surface area contributed by atoms with E-state index >= 15 is 0 Å². The van der Waals surface area contributed by atoms with E-state index in [2.05, 4.69) is 17.6 Å². The lowest BCUT2D eigenvalue weighted by Crippen LogP contribution is -2.35. The number of amides is 2. The van der Waals surface area contributed by atoms with E-state index in [-0.39, 0.29) is 11.8 Å². The molecule has 2 amide bonds. The van der Waals surface area contributed by atoms with Crippen molar-refractivity contribution in [3.8, 4) is 6.07 Å². The highest BCUT2D eigenvalue weighted by Crippen LogP contribution is 2.41. The van der Waals surface area contributed by atoms with E-state index < -0.39 is 0 Å². The molecule has 0 spiro atoms. The third-order valence-electron chi connectivity index (χ3n) is 4.47. The van der Waals surface area contributed by atoms with Crippen LogP contribution in [0.5, 0.6) is 0 Å². The van der Waals surface area contributed by atoms with Crippen LogP contribution in [-0.4, -0.2) is 28.2 Å². The molecule has 2 aromatic rings. The molecule has 3 heterocycles. The maximum Gasteiger partial charge on any atom is 0.255 e. The topological polar surface area (TPSA) is 77.3 Å². The number of carbonyl (C=O) groups excluding carboxylic acids is 2. The Labute approximate surface area is 162 Å². The molecule has 0 aromatic carbocycles. The minimum Gasteiger partial charge on any atom is -0.337 e. The summed E-state index contributed by atoms with van der Waals surface area (Å²) in [7, 11) is 0. The van der Waals surface area contributed by atoms with Crippen LogP contribution in [0.3, 0.4) is 0 Å². The fourth-order valence-corrected chi connectivity index (χ4v) is 4.51. The second kappa shape index (κ2) is 8.14. The van der Waals surface area contributed by atoms with E-state index in [4.69, 9.17) is 0 Å².